The number of aromatic hydroxyl groups is 3. The van der Waals surface area contributed by atoms with Gasteiger partial charge in [-0.15, -0.1) is 0 Å². The van der Waals surface area contributed by atoms with E-state index in [0.717, 1.165) is 25.7 Å². The molecule has 4 aliphatic carbocycles. The van der Waals surface area contributed by atoms with Gasteiger partial charge in [-0.05, 0) is 133 Å². The Morgan fingerprint density at radius 3 is 2.19 bits per heavy atom. The van der Waals surface area contributed by atoms with Crippen LogP contribution in [0.3, 0.4) is 0 Å². The molecule has 2 amide bonds. The summed E-state index contributed by atoms with van der Waals surface area (Å²) >= 11 is 0. The maximum atomic E-state index is 13.6. The number of carbonyl (C=O) groups is 3. The highest BCUT2D eigenvalue weighted by atomic mass is 16.4. The average molecular weight is 751 g/mol. The number of aliphatic hydroxyl groups is 3. The van der Waals surface area contributed by atoms with Crippen LogP contribution in [0.4, 0.5) is 0 Å². The van der Waals surface area contributed by atoms with Gasteiger partial charge in [0.05, 0.1) is 18.3 Å². The lowest BCUT2D eigenvalue weighted by Gasteiger charge is -2.63. The van der Waals surface area contributed by atoms with Crippen LogP contribution < -0.4 is 10.6 Å². The minimum absolute atomic E-state index is 0.0187. The number of aliphatic hydroxyl groups excluding tert-OH is 3. The molecule has 4 aliphatic rings. The number of aliphatic carboxylic acids is 1. The van der Waals surface area contributed by atoms with E-state index in [1.54, 1.807) is 12.1 Å². The van der Waals surface area contributed by atoms with Crippen molar-refractivity contribution in [2.24, 2.45) is 46.3 Å². The molecule has 4 fully saturated rings. The lowest BCUT2D eigenvalue weighted by atomic mass is 9.43. The number of hydrogen-bond acceptors (Lipinski definition) is 9. The summed E-state index contributed by atoms with van der Waals surface area (Å²) in [6.07, 6.45) is 4.61. The zero-order valence-corrected chi connectivity index (χ0v) is 31.5. The molecule has 6 unspecified atom stereocenters. The number of phenolic OH excluding ortho intramolecular Hbond substituents is 3. The Balaban J connectivity index is 1.12. The Morgan fingerprint density at radius 1 is 0.815 bits per heavy atom. The predicted octanol–water partition coefficient (Wildman–Crippen LogP) is 4.02. The number of fused-ring (bicyclic) bond motifs is 5. The number of rotatable bonds is 12. The number of hydrogen-bond donors (Lipinski definition) is 9. The third-order valence-corrected chi connectivity index (χ3v) is 14.5. The summed E-state index contributed by atoms with van der Waals surface area (Å²) < 4.78 is 0. The molecule has 2 aromatic rings. The SMILES string of the molecule is C[C@H](CCC(=O)NC(Cc1ccc(O)cc1)C(=O)N[C@@H](Cc1ccc(O)c(O)c1)C(=O)O)C1CCC2C3C(C[C@H](O)[C@@]21C)[C@@]1(C)CC[C@@H](O)CC1C[C@H]3O. The van der Waals surface area contributed by atoms with Crippen molar-refractivity contribution in [2.75, 3.05) is 0 Å². The molecule has 0 radical (unpaired) electrons. The highest BCUT2D eigenvalue weighted by Crippen LogP contribution is 2.68. The third kappa shape index (κ3) is 7.79. The van der Waals surface area contributed by atoms with Gasteiger partial charge in [0, 0.05) is 19.3 Å². The van der Waals surface area contributed by atoms with E-state index in [1.165, 1.54) is 30.3 Å². The Bertz CT molecular complexity index is 1690. The first kappa shape index (κ1) is 39.8. The fourth-order valence-electron chi connectivity index (χ4n) is 11.4. The van der Waals surface area contributed by atoms with Crippen LogP contribution in [0, 0.1) is 46.3 Å². The fourth-order valence-corrected chi connectivity index (χ4v) is 11.4. The molecule has 4 saturated carbocycles. The summed E-state index contributed by atoms with van der Waals surface area (Å²) in [6, 6.07) is 7.56. The zero-order valence-electron chi connectivity index (χ0n) is 31.5. The molecule has 12 nitrogen and oxygen atoms in total. The average Bonchev–Trinajstić information content (AvgIpc) is 3.48. The van der Waals surface area contributed by atoms with E-state index >= 15 is 0 Å². The van der Waals surface area contributed by atoms with E-state index in [2.05, 4.69) is 31.4 Å². The van der Waals surface area contributed by atoms with Crippen molar-refractivity contribution in [3.8, 4) is 17.2 Å². The van der Waals surface area contributed by atoms with Crippen LogP contribution in [-0.4, -0.2) is 83.9 Å². The Labute approximate surface area is 317 Å². The van der Waals surface area contributed by atoms with Gasteiger partial charge in [0.15, 0.2) is 11.5 Å². The molecule has 13 atom stereocenters. The van der Waals surface area contributed by atoms with E-state index < -0.39 is 47.3 Å². The largest absolute Gasteiger partial charge is 0.508 e. The fraction of sp³-hybridized carbons (Fsp3) is 0.643. The molecule has 54 heavy (non-hydrogen) atoms. The quantitative estimate of drug-likeness (QED) is 0.142. The molecule has 6 rings (SSSR count). The zero-order chi connectivity index (χ0) is 39.1. The van der Waals surface area contributed by atoms with E-state index in [4.69, 9.17) is 0 Å². The van der Waals surface area contributed by atoms with Gasteiger partial charge < -0.3 is 46.4 Å². The Morgan fingerprint density at radius 2 is 1.50 bits per heavy atom. The number of carbonyl (C=O) groups excluding carboxylic acids is 2. The first-order valence-electron chi connectivity index (χ1n) is 19.7. The monoisotopic (exact) mass is 750 g/mol. The minimum atomic E-state index is -1.39. The maximum absolute atomic E-state index is 13.6. The Kier molecular flexibility index (Phi) is 11.6. The highest BCUT2D eigenvalue weighted by molar-refractivity contribution is 5.90. The van der Waals surface area contributed by atoms with E-state index in [9.17, 15) is 50.1 Å². The van der Waals surface area contributed by atoms with Crippen molar-refractivity contribution in [1.29, 1.82) is 0 Å². The van der Waals surface area contributed by atoms with Crippen LogP contribution in [0.15, 0.2) is 42.5 Å². The second-order valence-electron chi connectivity index (χ2n) is 17.5. The first-order chi connectivity index (χ1) is 25.5. The second-order valence-corrected chi connectivity index (χ2v) is 17.5. The van der Waals surface area contributed by atoms with Crippen molar-refractivity contribution in [1.82, 2.24) is 10.6 Å². The van der Waals surface area contributed by atoms with E-state index in [-0.39, 0.29) is 83.7 Å². The number of amides is 2. The van der Waals surface area contributed by atoms with Crippen molar-refractivity contribution in [3.63, 3.8) is 0 Å². The molecule has 0 aliphatic heterocycles. The number of nitrogens with one attached hydrogen (secondary N) is 2. The number of carboxylic acids is 1. The summed E-state index contributed by atoms with van der Waals surface area (Å²) in [5, 5.41) is 78.6. The van der Waals surface area contributed by atoms with Crippen molar-refractivity contribution in [2.45, 2.75) is 122 Å². The highest BCUT2D eigenvalue weighted by Gasteiger charge is 2.65. The predicted molar refractivity (Wildman–Crippen MR) is 199 cm³/mol. The lowest BCUT2D eigenvalue weighted by molar-refractivity contribution is -0.207. The van der Waals surface area contributed by atoms with Gasteiger partial charge in [0.1, 0.15) is 17.8 Å². The lowest BCUT2D eigenvalue weighted by Crippen LogP contribution is -2.62. The summed E-state index contributed by atoms with van der Waals surface area (Å²) in [6.45, 7) is 6.60. The molecule has 0 spiro atoms. The summed E-state index contributed by atoms with van der Waals surface area (Å²) in [7, 11) is 0. The molecule has 2 aromatic carbocycles. The van der Waals surface area contributed by atoms with Crippen molar-refractivity contribution < 1.29 is 50.1 Å². The van der Waals surface area contributed by atoms with Gasteiger partial charge >= 0.3 is 5.97 Å². The van der Waals surface area contributed by atoms with Gasteiger partial charge in [-0.2, -0.15) is 0 Å². The number of benzene rings is 2. The normalized spacial score (nSPS) is 34.7. The van der Waals surface area contributed by atoms with Gasteiger partial charge in [0.2, 0.25) is 11.8 Å². The van der Waals surface area contributed by atoms with Crippen LogP contribution in [0.2, 0.25) is 0 Å². The smallest absolute Gasteiger partial charge is 0.326 e. The van der Waals surface area contributed by atoms with Gasteiger partial charge in [-0.25, -0.2) is 4.79 Å². The first-order valence-corrected chi connectivity index (χ1v) is 19.7. The van der Waals surface area contributed by atoms with Crippen molar-refractivity contribution in [3.05, 3.63) is 53.6 Å². The molecule has 296 valence electrons. The van der Waals surface area contributed by atoms with Crippen LogP contribution >= 0.6 is 0 Å². The number of carboxylic acid groups (broad SMARTS) is 1. The van der Waals surface area contributed by atoms with E-state index in [1.807, 2.05) is 0 Å². The minimum Gasteiger partial charge on any atom is -0.508 e. The van der Waals surface area contributed by atoms with Crippen LogP contribution in [0.25, 0.3) is 0 Å². The van der Waals surface area contributed by atoms with Gasteiger partial charge in [-0.3, -0.25) is 9.59 Å². The van der Waals surface area contributed by atoms with Crippen LogP contribution in [-0.2, 0) is 27.2 Å². The molecule has 12 heteroatoms. The standard InChI is InChI=1S/C42H58N2O10/c1-22(28-10-11-29-38-30(21-36(50)42(28,29)3)41(2)15-14-27(46)19-25(41)20-35(38)49)4-13-37(51)43-31(16-23-5-8-26(45)9-6-23)39(52)44-32(40(53)54)17-24-7-12-33(47)34(48)18-24/h5-9,12,18,22,25,27-32,35-36,38,45-50H,4,10-11,13-17,19-21H2,1-3H3,(H,43,51)(H,44,52)(H,53,54)/t22-,25?,27-,28?,29?,30?,31?,32+,35-,36+,38?,41+,42-/m1/s1. The Hall–Kier alpha value is -3.87. The summed E-state index contributed by atoms with van der Waals surface area (Å²) in [4.78, 5) is 39.4. The topological polar surface area (TPSA) is 217 Å². The molecular formula is C42H58N2O10. The molecule has 0 bridgehead atoms. The molecule has 0 saturated heterocycles. The number of phenols is 3. The summed E-state index contributed by atoms with van der Waals surface area (Å²) in [5.74, 6) is -2.27. The molecule has 9 N–H and O–H groups in total. The molecule has 0 heterocycles. The third-order valence-electron chi connectivity index (χ3n) is 14.5. The van der Waals surface area contributed by atoms with Crippen molar-refractivity contribution >= 4 is 17.8 Å². The summed E-state index contributed by atoms with van der Waals surface area (Å²) in [5.41, 5.74) is 0.574. The van der Waals surface area contributed by atoms with Crippen LogP contribution in [0.5, 0.6) is 17.2 Å². The second kappa shape index (κ2) is 15.7. The van der Waals surface area contributed by atoms with E-state index in [0.29, 0.717) is 36.8 Å². The van der Waals surface area contributed by atoms with Gasteiger partial charge in [-0.1, -0.05) is 39.0 Å². The van der Waals surface area contributed by atoms with Crippen LogP contribution in [0.1, 0.15) is 89.7 Å². The van der Waals surface area contributed by atoms with Gasteiger partial charge in [0.25, 0.3) is 0 Å². The maximum Gasteiger partial charge on any atom is 0.326 e. The molecule has 0 aromatic heterocycles. The molecular weight excluding hydrogens is 692 g/mol.